The first kappa shape index (κ1) is 16.3. The van der Waals surface area contributed by atoms with Crippen LogP contribution in [0.25, 0.3) is 0 Å². The summed E-state index contributed by atoms with van der Waals surface area (Å²) in [4.78, 5) is 4.43. The van der Waals surface area contributed by atoms with Crippen LogP contribution >= 0.6 is 0 Å². The Kier molecular flexibility index (Phi) is 6.31. The molecule has 1 aromatic carbocycles. The molecule has 3 N–H and O–H groups in total. The van der Waals surface area contributed by atoms with Gasteiger partial charge >= 0.3 is 0 Å². The van der Waals surface area contributed by atoms with Gasteiger partial charge in [-0.1, -0.05) is 16.8 Å². The first-order valence-electron chi connectivity index (χ1n) is 6.97. The molecule has 0 radical (unpaired) electrons. The van der Waals surface area contributed by atoms with E-state index >= 15 is 0 Å². The number of benzene rings is 1. The van der Waals surface area contributed by atoms with E-state index in [4.69, 9.17) is 10.9 Å². The van der Waals surface area contributed by atoms with E-state index in [1.54, 1.807) is 0 Å². The first-order chi connectivity index (χ1) is 9.49. The van der Waals surface area contributed by atoms with Crippen molar-refractivity contribution in [1.82, 2.24) is 4.90 Å². The molecule has 0 atom stereocenters. The van der Waals surface area contributed by atoms with Crippen molar-refractivity contribution in [3.63, 3.8) is 0 Å². The summed E-state index contributed by atoms with van der Waals surface area (Å²) in [6.45, 7) is 7.00. The molecule has 0 saturated carbocycles. The number of oxime groups is 1. The Morgan fingerprint density at radius 2 is 2.00 bits per heavy atom. The summed E-state index contributed by atoms with van der Waals surface area (Å²) in [6.07, 6.45) is 1.07. The Balaban J connectivity index is 2.96. The molecule has 0 spiro atoms. The van der Waals surface area contributed by atoms with E-state index in [-0.39, 0.29) is 5.84 Å². The standard InChI is InChI=1S/C15H26N4O/c1-5-19(10-6-9-18(3)4)14-8-7-12(2)11-13(14)15(16)17-20/h7-8,11,20H,5-6,9-10H2,1-4H3,(H2,16,17). The number of rotatable bonds is 7. The molecule has 0 fully saturated rings. The lowest BCUT2D eigenvalue weighted by Gasteiger charge is -2.26. The van der Waals surface area contributed by atoms with Gasteiger partial charge in [0.05, 0.1) is 0 Å². The molecule has 20 heavy (non-hydrogen) atoms. The second-order valence-electron chi connectivity index (χ2n) is 5.24. The zero-order valence-electron chi connectivity index (χ0n) is 12.9. The van der Waals surface area contributed by atoms with Gasteiger partial charge in [-0.25, -0.2) is 0 Å². The minimum Gasteiger partial charge on any atom is -0.409 e. The fourth-order valence-electron chi connectivity index (χ4n) is 2.21. The van der Waals surface area contributed by atoms with E-state index in [1.807, 2.05) is 19.1 Å². The molecule has 5 nitrogen and oxygen atoms in total. The van der Waals surface area contributed by atoms with Crippen molar-refractivity contribution in [1.29, 1.82) is 0 Å². The summed E-state index contributed by atoms with van der Waals surface area (Å²) in [7, 11) is 4.15. The Morgan fingerprint density at radius 1 is 1.30 bits per heavy atom. The van der Waals surface area contributed by atoms with Crippen LogP contribution in [0.4, 0.5) is 5.69 Å². The van der Waals surface area contributed by atoms with Gasteiger partial charge in [0.1, 0.15) is 0 Å². The molecule has 0 aliphatic carbocycles. The van der Waals surface area contributed by atoms with Crippen LogP contribution in [-0.2, 0) is 0 Å². The van der Waals surface area contributed by atoms with Crippen molar-refractivity contribution in [2.75, 3.05) is 38.6 Å². The van der Waals surface area contributed by atoms with E-state index in [9.17, 15) is 0 Å². The summed E-state index contributed by atoms with van der Waals surface area (Å²) in [5.74, 6) is 0.162. The lowest BCUT2D eigenvalue weighted by Crippen LogP contribution is -2.29. The molecule has 5 heteroatoms. The predicted molar refractivity (Wildman–Crippen MR) is 84.7 cm³/mol. The molecule has 1 aromatic rings. The number of hydrogen-bond acceptors (Lipinski definition) is 4. The molecule has 0 saturated heterocycles. The highest BCUT2D eigenvalue weighted by molar-refractivity contribution is 6.02. The average molecular weight is 278 g/mol. The zero-order chi connectivity index (χ0) is 15.1. The largest absolute Gasteiger partial charge is 0.409 e. The number of amidine groups is 1. The molecular formula is C15H26N4O. The number of aryl methyl sites for hydroxylation is 1. The van der Waals surface area contributed by atoms with Crippen molar-refractivity contribution >= 4 is 11.5 Å². The molecule has 0 aliphatic rings. The predicted octanol–water partition coefficient (Wildman–Crippen LogP) is 1.87. The molecule has 112 valence electrons. The SMILES string of the molecule is CCN(CCCN(C)C)c1ccc(C)cc1/C(N)=N/O. The van der Waals surface area contributed by atoms with E-state index in [2.05, 4.69) is 42.0 Å². The molecule has 0 unspecified atom stereocenters. The van der Waals surface area contributed by atoms with Crippen LogP contribution in [0.3, 0.4) is 0 Å². The molecular weight excluding hydrogens is 252 g/mol. The van der Waals surface area contributed by atoms with Crippen LogP contribution in [0.5, 0.6) is 0 Å². The third kappa shape index (κ3) is 4.42. The van der Waals surface area contributed by atoms with Crippen molar-refractivity contribution in [3.8, 4) is 0 Å². The topological polar surface area (TPSA) is 65.1 Å². The number of nitrogens with two attached hydrogens (primary N) is 1. The highest BCUT2D eigenvalue weighted by atomic mass is 16.4. The highest BCUT2D eigenvalue weighted by Gasteiger charge is 2.13. The van der Waals surface area contributed by atoms with Crippen molar-refractivity contribution in [3.05, 3.63) is 29.3 Å². The number of hydrogen-bond donors (Lipinski definition) is 2. The van der Waals surface area contributed by atoms with Gasteiger partial charge < -0.3 is 20.7 Å². The Hall–Kier alpha value is -1.75. The van der Waals surface area contributed by atoms with Gasteiger partial charge in [-0.05, 0) is 53.0 Å². The number of anilines is 1. The highest BCUT2D eigenvalue weighted by Crippen LogP contribution is 2.22. The van der Waals surface area contributed by atoms with E-state index in [0.717, 1.165) is 42.9 Å². The Morgan fingerprint density at radius 3 is 2.55 bits per heavy atom. The van der Waals surface area contributed by atoms with Crippen LogP contribution in [-0.4, -0.2) is 49.7 Å². The zero-order valence-corrected chi connectivity index (χ0v) is 12.9. The van der Waals surface area contributed by atoms with Crippen molar-refractivity contribution in [2.24, 2.45) is 10.9 Å². The van der Waals surface area contributed by atoms with Crippen LogP contribution in [0.1, 0.15) is 24.5 Å². The van der Waals surface area contributed by atoms with Gasteiger partial charge in [-0.15, -0.1) is 0 Å². The van der Waals surface area contributed by atoms with Gasteiger partial charge in [0, 0.05) is 24.3 Å². The molecule has 0 amide bonds. The number of nitrogens with zero attached hydrogens (tertiary/aromatic N) is 3. The smallest absolute Gasteiger partial charge is 0.172 e. The quantitative estimate of drug-likeness (QED) is 0.346. The fourth-order valence-corrected chi connectivity index (χ4v) is 2.21. The maximum atomic E-state index is 8.94. The maximum Gasteiger partial charge on any atom is 0.172 e. The third-order valence-electron chi connectivity index (χ3n) is 3.29. The van der Waals surface area contributed by atoms with E-state index < -0.39 is 0 Å². The second kappa shape index (κ2) is 7.75. The minimum absolute atomic E-state index is 0.162. The van der Waals surface area contributed by atoms with Gasteiger partial charge in [0.25, 0.3) is 0 Å². The fraction of sp³-hybridized carbons (Fsp3) is 0.533. The van der Waals surface area contributed by atoms with Gasteiger partial charge in [0.15, 0.2) is 5.84 Å². The van der Waals surface area contributed by atoms with Crippen molar-refractivity contribution in [2.45, 2.75) is 20.3 Å². The molecule has 0 aromatic heterocycles. The minimum atomic E-state index is 0.162. The van der Waals surface area contributed by atoms with Gasteiger partial charge in [0.2, 0.25) is 0 Å². The first-order valence-corrected chi connectivity index (χ1v) is 6.97. The van der Waals surface area contributed by atoms with Gasteiger partial charge in [-0.3, -0.25) is 0 Å². The van der Waals surface area contributed by atoms with Crippen LogP contribution in [0.15, 0.2) is 23.4 Å². The van der Waals surface area contributed by atoms with Crippen LogP contribution in [0.2, 0.25) is 0 Å². The summed E-state index contributed by atoms with van der Waals surface area (Å²) < 4.78 is 0. The molecule has 0 heterocycles. The lowest BCUT2D eigenvalue weighted by molar-refractivity contribution is 0.318. The van der Waals surface area contributed by atoms with Crippen LogP contribution in [0, 0.1) is 6.92 Å². The summed E-state index contributed by atoms with van der Waals surface area (Å²) in [5, 5.41) is 12.1. The Labute approximate surface area is 121 Å². The Bertz CT molecular complexity index is 457. The molecule has 0 aliphatic heterocycles. The second-order valence-corrected chi connectivity index (χ2v) is 5.24. The summed E-state index contributed by atoms with van der Waals surface area (Å²) >= 11 is 0. The third-order valence-corrected chi connectivity index (χ3v) is 3.29. The average Bonchev–Trinajstić information content (AvgIpc) is 2.43. The normalized spacial score (nSPS) is 11.9. The summed E-state index contributed by atoms with van der Waals surface area (Å²) in [6, 6.07) is 6.05. The molecule has 0 bridgehead atoms. The van der Waals surface area contributed by atoms with Crippen molar-refractivity contribution < 1.29 is 5.21 Å². The maximum absolute atomic E-state index is 8.94. The van der Waals surface area contributed by atoms with E-state index in [0.29, 0.717) is 0 Å². The lowest BCUT2D eigenvalue weighted by atomic mass is 10.1. The van der Waals surface area contributed by atoms with E-state index in [1.165, 1.54) is 0 Å². The molecule has 1 rings (SSSR count). The van der Waals surface area contributed by atoms with Gasteiger partial charge in [-0.2, -0.15) is 0 Å². The monoisotopic (exact) mass is 278 g/mol. The van der Waals surface area contributed by atoms with Crippen LogP contribution < -0.4 is 10.6 Å². The summed E-state index contributed by atoms with van der Waals surface area (Å²) in [5.41, 5.74) is 8.71.